The number of nitrogens with zero attached hydrogens (tertiary/aromatic N) is 1. The van der Waals surface area contributed by atoms with Gasteiger partial charge in [0.05, 0.1) is 0 Å². The summed E-state index contributed by atoms with van der Waals surface area (Å²) in [5, 5.41) is 0.597. The molecule has 0 aromatic rings. The highest BCUT2D eigenvalue weighted by Gasteiger charge is 2.54. The van der Waals surface area contributed by atoms with Crippen molar-refractivity contribution < 1.29 is 30.8 Å². The minimum Gasteiger partial charge on any atom is -0.164 e. The smallest absolute Gasteiger partial charge is 0.164 e. The summed E-state index contributed by atoms with van der Waals surface area (Å²) in [5.74, 6) is 0. The topological polar surface area (TPSA) is 12.4 Å². The van der Waals surface area contributed by atoms with Gasteiger partial charge in [0.2, 0.25) is 0 Å². The zero-order valence-electron chi connectivity index (χ0n) is 4.59. The van der Waals surface area contributed by atoms with Crippen LogP contribution in [0.15, 0.2) is 5.21 Å². The van der Waals surface area contributed by atoms with Crippen molar-refractivity contribution >= 4 is 5.71 Å². The van der Waals surface area contributed by atoms with Crippen molar-refractivity contribution in [3.05, 3.63) is 0 Å². The highest BCUT2D eigenvalue weighted by molar-refractivity contribution is 5.94. The van der Waals surface area contributed by atoms with Gasteiger partial charge in [0.1, 0.15) is 0 Å². The molecule has 0 aromatic carbocycles. The molecule has 0 bridgehead atoms. The molecule has 0 N–H and O–H groups in total. The zero-order valence-corrected chi connectivity index (χ0v) is 4.59. The summed E-state index contributed by atoms with van der Waals surface area (Å²) >= 11 is 0. The van der Waals surface area contributed by atoms with E-state index >= 15 is 0 Å². The van der Waals surface area contributed by atoms with Gasteiger partial charge >= 0.3 is 12.4 Å². The maximum Gasteiger partial charge on any atom is 0.441 e. The maximum atomic E-state index is 11.1. The first kappa shape index (κ1) is 10.2. The van der Waals surface area contributed by atoms with E-state index in [0.29, 0.717) is 5.21 Å². The van der Waals surface area contributed by atoms with Crippen LogP contribution in [0, 0.1) is 0 Å². The average molecular weight is 183 g/mol. The average Bonchev–Trinajstić information content (AvgIpc) is 1.56. The predicted molar refractivity (Wildman–Crippen MR) is 20.7 cm³/mol. The molecule has 0 aromatic heterocycles. The van der Waals surface area contributed by atoms with Crippen molar-refractivity contribution in [1.82, 2.24) is 0 Å². The van der Waals surface area contributed by atoms with Gasteiger partial charge in [0.25, 0.3) is 5.71 Å². The van der Waals surface area contributed by atoms with Crippen LogP contribution in [-0.2, 0) is 0 Å². The molecule has 8 heteroatoms. The standard InChI is InChI=1S/C3F7N/c4-2(5,6)1(11-10)3(7,8)9. The largest absolute Gasteiger partial charge is 0.441 e. The third-order valence-electron chi connectivity index (χ3n) is 0.622. The van der Waals surface area contributed by atoms with Crippen molar-refractivity contribution in [3.8, 4) is 0 Å². The second-order valence-corrected chi connectivity index (χ2v) is 1.43. The Kier molecular flexibility index (Phi) is 2.47. The van der Waals surface area contributed by atoms with E-state index < -0.39 is 18.1 Å². The lowest BCUT2D eigenvalue weighted by Gasteiger charge is -2.10. The molecule has 0 aliphatic heterocycles. The van der Waals surface area contributed by atoms with E-state index in [0.717, 1.165) is 0 Å². The molecule has 0 saturated heterocycles. The predicted octanol–water partition coefficient (Wildman–Crippen LogP) is 2.44. The van der Waals surface area contributed by atoms with E-state index in [2.05, 4.69) is 0 Å². The van der Waals surface area contributed by atoms with E-state index in [1.54, 1.807) is 0 Å². The summed E-state index contributed by atoms with van der Waals surface area (Å²) in [6.45, 7) is 0. The van der Waals surface area contributed by atoms with Crippen LogP contribution < -0.4 is 0 Å². The van der Waals surface area contributed by atoms with Gasteiger partial charge in [-0.3, -0.25) is 0 Å². The Morgan fingerprint density at radius 2 is 1.09 bits per heavy atom. The number of hydrogen-bond donors (Lipinski definition) is 0. The van der Waals surface area contributed by atoms with Crippen molar-refractivity contribution in [2.75, 3.05) is 0 Å². The van der Waals surface area contributed by atoms with E-state index in [1.807, 2.05) is 0 Å². The van der Waals surface area contributed by atoms with Crippen LogP contribution in [-0.4, -0.2) is 18.1 Å². The van der Waals surface area contributed by atoms with Gasteiger partial charge in [-0.2, -0.15) is 26.3 Å². The van der Waals surface area contributed by atoms with Crippen molar-refractivity contribution in [2.24, 2.45) is 5.21 Å². The first-order valence-electron chi connectivity index (χ1n) is 2.03. The minimum absolute atomic E-state index is 0.597. The first-order valence-corrected chi connectivity index (χ1v) is 2.03. The highest BCUT2D eigenvalue weighted by Crippen LogP contribution is 2.30. The third-order valence-corrected chi connectivity index (χ3v) is 0.622. The molecule has 0 fully saturated rings. The minimum atomic E-state index is -5.80. The van der Waals surface area contributed by atoms with E-state index in [9.17, 15) is 30.8 Å². The molecule has 0 atom stereocenters. The molecule has 1 nitrogen and oxygen atoms in total. The van der Waals surface area contributed by atoms with Crippen LogP contribution in [0.5, 0.6) is 0 Å². The molecule has 0 amide bonds. The molecular formula is C3F7N. The van der Waals surface area contributed by atoms with Crippen LogP contribution in [0.25, 0.3) is 0 Å². The summed E-state index contributed by atoms with van der Waals surface area (Å²) in [7, 11) is 0. The second kappa shape index (κ2) is 2.67. The molecule has 0 aliphatic rings. The van der Waals surface area contributed by atoms with Gasteiger partial charge in [-0.15, -0.1) is 0 Å². The Hall–Kier alpha value is -0.820. The fourth-order valence-electron chi connectivity index (χ4n) is 0.257. The van der Waals surface area contributed by atoms with Gasteiger partial charge in [-0.05, 0) is 0 Å². The quantitative estimate of drug-likeness (QED) is 0.404. The molecule has 0 unspecified atom stereocenters. The van der Waals surface area contributed by atoms with Crippen LogP contribution in [0.3, 0.4) is 0 Å². The molecule has 66 valence electrons. The van der Waals surface area contributed by atoms with E-state index in [4.69, 9.17) is 0 Å². The molecule has 0 heterocycles. The number of alkyl halides is 6. The van der Waals surface area contributed by atoms with Gasteiger partial charge in [-0.1, -0.05) is 9.70 Å². The molecule has 0 aliphatic carbocycles. The lowest BCUT2D eigenvalue weighted by atomic mass is 10.3. The molecule has 0 spiro atoms. The number of halogens is 7. The van der Waals surface area contributed by atoms with Crippen LogP contribution in [0.1, 0.15) is 0 Å². The molecule has 11 heavy (non-hydrogen) atoms. The fourth-order valence-corrected chi connectivity index (χ4v) is 0.257. The van der Waals surface area contributed by atoms with Gasteiger partial charge in [0.15, 0.2) is 0 Å². The van der Waals surface area contributed by atoms with Crippen LogP contribution >= 0.6 is 0 Å². The fraction of sp³-hybridized carbons (Fsp3) is 0.667. The SMILES string of the molecule is FN=C(C(F)(F)F)C(F)(F)F. The Balaban J connectivity index is 4.74. The lowest BCUT2D eigenvalue weighted by Crippen LogP contribution is -2.36. The molecule has 0 saturated carbocycles. The molecule has 0 rings (SSSR count). The van der Waals surface area contributed by atoms with Gasteiger partial charge < -0.3 is 0 Å². The summed E-state index contributed by atoms with van der Waals surface area (Å²) in [4.78, 5) is 0. The van der Waals surface area contributed by atoms with Crippen molar-refractivity contribution in [3.63, 3.8) is 0 Å². The van der Waals surface area contributed by atoms with Gasteiger partial charge in [-0.25, -0.2) is 0 Å². The van der Waals surface area contributed by atoms with Crippen LogP contribution in [0.4, 0.5) is 30.8 Å². The lowest BCUT2D eigenvalue weighted by molar-refractivity contribution is -0.119. The van der Waals surface area contributed by atoms with Crippen molar-refractivity contribution in [1.29, 1.82) is 0 Å². The van der Waals surface area contributed by atoms with Crippen molar-refractivity contribution in [2.45, 2.75) is 12.4 Å². The maximum absolute atomic E-state index is 11.1. The Labute approximate surface area is 55.5 Å². The summed E-state index contributed by atoms with van der Waals surface area (Å²) in [6, 6.07) is 0. The Morgan fingerprint density at radius 3 is 1.09 bits per heavy atom. The second-order valence-electron chi connectivity index (χ2n) is 1.43. The summed E-state index contributed by atoms with van der Waals surface area (Å²) < 4.78 is 77.6. The highest BCUT2D eigenvalue weighted by atomic mass is 19.4. The molecule has 0 radical (unpaired) electrons. The summed E-state index contributed by atoms with van der Waals surface area (Å²) in [6.07, 6.45) is -11.6. The van der Waals surface area contributed by atoms with Gasteiger partial charge in [0, 0.05) is 0 Å². The zero-order chi connectivity index (χ0) is 9.28. The monoisotopic (exact) mass is 183 g/mol. The Bertz CT molecular complexity index is 146. The number of rotatable bonds is 0. The summed E-state index contributed by atoms with van der Waals surface area (Å²) in [5.41, 5.74) is -3.38. The van der Waals surface area contributed by atoms with E-state index in [-0.39, 0.29) is 0 Å². The van der Waals surface area contributed by atoms with Crippen LogP contribution in [0.2, 0.25) is 0 Å². The van der Waals surface area contributed by atoms with E-state index in [1.165, 1.54) is 0 Å². The Morgan fingerprint density at radius 1 is 0.818 bits per heavy atom. The third kappa shape index (κ3) is 2.72. The molecular weight excluding hydrogens is 183 g/mol. The number of hydrogen-bond acceptors (Lipinski definition) is 1. The normalized spacial score (nSPS) is 13.0. The first-order chi connectivity index (χ1) is 4.69.